The van der Waals surface area contributed by atoms with Crippen LogP contribution in [0.1, 0.15) is 18.3 Å². The smallest absolute Gasteiger partial charge is 0.200 e. The Morgan fingerprint density at radius 1 is 1.54 bits per heavy atom. The zero-order chi connectivity index (χ0) is 9.42. The van der Waals surface area contributed by atoms with Gasteiger partial charge in [0.25, 0.3) is 0 Å². The second-order valence-electron chi connectivity index (χ2n) is 3.54. The van der Waals surface area contributed by atoms with Crippen LogP contribution in [0, 0.1) is 0 Å². The molecule has 2 rings (SSSR count). The van der Waals surface area contributed by atoms with Crippen LogP contribution >= 0.6 is 0 Å². The first-order chi connectivity index (χ1) is 6.22. The third-order valence-corrected chi connectivity index (χ3v) is 2.82. The molecule has 1 aromatic rings. The number of aromatic nitrogens is 2. The van der Waals surface area contributed by atoms with Crippen molar-refractivity contribution in [2.75, 3.05) is 18.8 Å². The molecule has 2 N–H and O–H groups in total. The third kappa shape index (κ3) is 1.31. The van der Waals surface area contributed by atoms with Gasteiger partial charge in [0.2, 0.25) is 0 Å². The molecule has 0 aromatic carbocycles. The van der Waals surface area contributed by atoms with Crippen molar-refractivity contribution >= 4 is 5.95 Å². The monoisotopic (exact) mass is 180 g/mol. The highest BCUT2D eigenvalue weighted by atomic mass is 15.2. The van der Waals surface area contributed by atoms with E-state index in [9.17, 15) is 0 Å². The van der Waals surface area contributed by atoms with Crippen LogP contribution < -0.4 is 5.73 Å². The molecule has 1 aromatic heterocycles. The van der Waals surface area contributed by atoms with Crippen LogP contribution in [0.4, 0.5) is 5.95 Å². The van der Waals surface area contributed by atoms with Crippen molar-refractivity contribution in [2.24, 2.45) is 7.05 Å². The average Bonchev–Trinajstić information content (AvgIpc) is 2.42. The summed E-state index contributed by atoms with van der Waals surface area (Å²) in [5.74, 6) is 0.642. The normalized spacial score (nSPS) is 17.4. The highest BCUT2D eigenvalue weighted by Crippen LogP contribution is 2.19. The fourth-order valence-corrected chi connectivity index (χ4v) is 1.87. The maximum absolute atomic E-state index is 5.74. The molecule has 0 spiro atoms. The van der Waals surface area contributed by atoms with Crippen LogP contribution in [0.5, 0.6) is 0 Å². The van der Waals surface area contributed by atoms with Crippen molar-refractivity contribution in [1.82, 2.24) is 14.5 Å². The average molecular weight is 180 g/mol. The number of likely N-dealkylation sites (N-methyl/N-ethyl adjacent to an activating group) is 1. The molecule has 0 atom stereocenters. The van der Waals surface area contributed by atoms with Gasteiger partial charge in [0, 0.05) is 32.3 Å². The summed E-state index contributed by atoms with van der Waals surface area (Å²) in [7, 11) is 1.99. The number of hydrogen-bond acceptors (Lipinski definition) is 3. The van der Waals surface area contributed by atoms with E-state index >= 15 is 0 Å². The van der Waals surface area contributed by atoms with E-state index in [0.717, 1.165) is 31.7 Å². The molecular weight excluding hydrogens is 164 g/mol. The van der Waals surface area contributed by atoms with E-state index in [0.29, 0.717) is 5.95 Å². The number of nitrogens with two attached hydrogens (primary N) is 1. The van der Waals surface area contributed by atoms with Gasteiger partial charge in [-0.2, -0.15) is 0 Å². The Hall–Kier alpha value is -1.03. The predicted molar refractivity (Wildman–Crippen MR) is 52.3 cm³/mol. The number of imidazole rings is 1. The highest BCUT2D eigenvalue weighted by molar-refractivity contribution is 5.30. The first kappa shape index (κ1) is 8.56. The summed E-state index contributed by atoms with van der Waals surface area (Å²) < 4.78 is 2.00. The second-order valence-corrected chi connectivity index (χ2v) is 3.54. The minimum absolute atomic E-state index is 0.642. The fraction of sp³-hybridized carbons (Fsp3) is 0.667. The molecule has 4 heteroatoms. The topological polar surface area (TPSA) is 47.1 Å². The zero-order valence-electron chi connectivity index (χ0n) is 8.25. The van der Waals surface area contributed by atoms with Gasteiger partial charge in [-0.3, -0.25) is 4.90 Å². The molecule has 0 fully saturated rings. The van der Waals surface area contributed by atoms with Crippen LogP contribution in [0.25, 0.3) is 0 Å². The van der Waals surface area contributed by atoms with E-state index in [4.69, 9.17) is 5.73 Å². The molecule has 13 heavy (non-hydrogen) atoms. The number of rotatable bonds is 1. The molecule has 0 radical (unpaired) electrons. The van der Waals surface area contributed by atoms with Crippen LogP contribution in [0.2, 0.25) is 0 Å². The Morgan fingerprint density at radius 3 is 3.00 bits per heavy atom. The summed E-state index contributed by atoms with van der Waals surface area (Å²) >= 11 is 0. The molecule has 0 saturated heterocycles. The summed E-state index contributed by atoms with van der Waals surface area (Å²) in [6, 6.07) is 0. The lowest BCUT2D eigenvalue weighted by atomic mass is 10.1. The Morgan fingerprint density at radius 2 is 2.31 bits per heavy atom. The van der Waals surface area contributed by atoms with Crippen molar-refractivity contribution in [3.8, 4) is 0 Å². The first-order valence-electron chi connectivity index (χ1n) is 4.74. The van der Waals surface area contributed by atoms with Gasteiger partial charge < -0.3 is 10.3 Å². The summed E-state index contributed by atoms with van der Waals surface area (Å²) in [6.07, 6.45) is 1.07. The standard InChI is InChI=1S/C9H16N4/c1-3-13-5-4-8-7(6-13)11-9(10)12(8)2/h3-6H2,1-2H3,(H2,10,11). The number of hydrogen-bond donors (Lipinski definition) is 1. The van der Waals surface area contributed by atoms with Gasteiger partial charge in [0.1, 0.15) is 0 Å². The van der Waals surface area contributed by atoms with Crippen LogP contribution in [-0.4, -0.2) is 27.5 Å². The van der Waals surface area contributed by atoms with Crippen LogP contribution in [-0.2, 0) is 20.0 Å². The van der Waals surface area contributed by atoms with Gasteiger partial charge >= 0.3 is 0 Å². The number of nitrogens with zero attached hydrogens (tertiary/aromatic N) is 3. The second kappa shape index (κ2) is 3.03. The van der Waals surface area contributed by atoms with Crippen molar-refractivity contribution in [2.45, 2.75) is 19.9 Å². The van der Waals surface area contributed by atoms with E-state index in [1.54, 1.807) is 0 Å². The van der Waals surface area contributed by atoms with Gasteiger partial charge in [0.05, 0.1) is 5.69 Å². The first-order valence-corrected chi connectivity index (χ1v) is 4.74. The number of fused-ring (bicyclic) bond motifs is 1. The Labute approximate surface area is 78.4 Å². The SMILES string of the molecule is CCN1CCc2c(nc(N)n2C)C1. The largest absolute Gasteiger partial charge is 0.369 e. The zero-order valence-corrected chi connectivity index (χ0v) is 8.25. The predicted octanol–water partition coefficient (Wildman–Crippen LogP) is 0.380. The molecule has 0 aliphatic carbocycles. The maximum atomic E-state index is 5.74. The van der Waals surface area contributed by atoms with Gasteiger partial charge in [-0.1, -0.05) is 6.92 Å². The van der Waals surface area contributed by atoms with E-state index < -0.39 is 0 Å². The number of nitrogen functional groups attached to an aromatic ring is 1. The van der Waals surface area contributed by atoms with Gasteiger partial charge in [-0.15, -0.1) is 0 Å². The van der Waals surface area contributed by atoms with Gasteiger partial charge in [-0.05, 0) is 6.54 Å². The molecule has 0 unspecified atom stereocenters. The molecule has 0 amide bonds. The van der Waals surface area contributed by atoms with Crippen molar-refractivity contribution in [1.29, 1.82) is 0 Å². The van der Waals surface area contributed by atoms with E-state index in [2.05, 4.69) is 16.8 Å². The Bertz CT molecular complexity index is 316. The van der Waals surface area contributed by atoms with Crippen LogP contribution in [0.3, 0.4) is 0 Å². The molecule has 0 saturated carbocycles. The lowest BCUT2D eigenvalue weighted by Gasteiger charge is -2.24. The summed E-state index contributed by atoms with van der Waals surface area (Å²) in [5, 5.41) is 0. The lowest BCUT2D eigenvalue weighted by Crippen LogP contribution is -2.30. The molecule has 72 valence electrons. The minimum Gasteiger partial charge on any atom is -0.369 e. The lowest BCUT2D eigenvalue weighted by molar-refractivity contribution is 0.262. The van der Waals surface area contributed by atoms with Crippen LogP contribution in [0.15, 0.2) is 0 Å². The minimum atomic E-state index is 0.642. The summed E-state index contributed by atoms with van der Waals surface area (Å²) in [4.78, 5) is 6.73. The molecule has 1 aliphatic rings. The molecule has 0 bridgehead atoms. The van der Waals surface area contributed by atoms with E-state index in [1.165, 1.54) is 5.69 Å². The third-order valence-electron chi connectivity index (χ3n) is 2.82. The quantitative estimate of drug-likeness (QED) is 0.679. The molecule has 4 nitrogen and oxygen atoms in total. The summed E-state index contributed by atoms with van der Waals surface area (Å²) in [5.41, 5.74) is 8.21. The van der Waals surface area contributed by atoms with Crippen molar-refractivity contribution < 1.29 is 0 Å². The Kier molecular flexibility index (Phi) is 2.00. The van der Waals surface area contributed by atoms with Crippen molar-refractivity contribution in [3.63, 3.8) is 0 Å². The maximum Gasteiger partial charge on any atom is 0.200 e. The van der Waals surface area contributed by atoms with E-state index in [1.807, 2.05) is 11.6 Å². The molecule has 1 aliphatic heterocycles. The molecule has 2 heterocycles. The van der Waals surface area contributed by atoms with Crippen molar-refractivity contribution in [3.05, 3.63) is 11.4 Å². The van der Waals surface area contributed by atoms with E-state index in [-0.39, 0.29) is 0 Å². The van der Waals surface area contributed by atoms with Gasteiger partial charge in [-0.25, -0.2) is 4.98 Å². The number of anilines is 1. The van der Waals surface area contributed by atoms with Gasteiger partial charge in [0.15, 0.2) is 5.95 Å². The summed E-state index contributed by atoms with van der Waals surface area (Å²) in [6.45, 7) is 5.35. The fourth-order valence-electron chi connectivity index (χ4n) is 1.87. The highest BCUT2D eigenvalue weighted by Gasteiger charge is 2.20. The molecular formula is C9H16N4. The Balaban J connectivity index is 2.31.